The molecule has 0 aromatic carbocycles. The molecule has 0 radical (unpaired) electrons. The van der Waals surface area contributed by atoms with Gasteiger partial charge in [-0.2, -0.15) is 9.40 Å². The smallest absolute Gasteiger partial charge is 0.246 e. The molecule has 7 heteroatoms. The molecule has 1 aliphatic carbocycles. The second-order valence-electron chi connectivity index (χ2n) is 6.88. The highest BCUT2D eigenvalue weighted by atomic mass is 32.2. The molecule has 0 unspecified atom stereocenters. The SMILES string of the molecule is CCn1ncc(S(=O)(=O)N2CC[C@@]3(C)C[C@H](O)CC[C@@H]23)c1C. The average molecular weight is 327 g/mol. The van der Waals surface area contributed by atoms with Gasteiger partial charge in [0.05, 0.1) is 18.0 Å². The van der Waals surface area contributed by atoms with Crippen molar-refractivity contribution in [3.63, 3.8) is 0 Å². The summed E-state index contributed by atoms with van der Waals surface area (Å²) >= 11 is 0. The minimum absolute atomic E-state index is 0.00900. The standard InChI is InChI=1S/C15H25N3O3S/c1-4-17-11(2)13(10-16-17)22(20,21)18-8-7-15(3)9-12(19)5-6-14(15)18/h10,12,14,19H,4-9H2,1-3H3/t12-,14-,15+/m1/s1. The van der Waals surface area contributed by atoms with Crippen LogP contribution in [0.15, 0.2) is 11.1 Å². The van der Waals surface area contributed by atoms with Crippen LogP contribution in [-0.2, 0) is 16.6 Å². The number of aromatic nitrogens is 2. The van der Waals surface area contributed by atoms with E-state index < -0.39 is 10.0 Å². The Morgan fingerprint density at radius 1 is 1.45 bits per heavy atom. The quantitative estimate of drug-likeness (QED) is 0.913. The van der Waals surface area contributed by atoms with Crippen LogP contribution in [0.5, 0.6) is 0 Å². The molecule has 1 saturated heterocycles. The van der Waals surface area contributed by atoms with E-state index in [0.29, 0.717) is 36.5 Å². The second kappa shape index (κ2) is 5.32. The summed E-state index contributed by atoms with van der Waals surface area (Å²) in [6.45, 7) is 7.06. The fourth-order valence-electron chi connectivity index (χ4n) is 4.17. The van der Waals surface area contributed by atoms with E-state index in [1.807, 2.05) is 13.8 Å². The number of aliphatic hydroxyl groups excluding tert-OH is 1. The van der Waals surface area contributed by atoms with Crippen molar-refractivity contribution < 1.29 is 13.5 Å². The third-order valence-corrected chi connectivity index (χ3v) is 7.49. The fraction of sp³-hybridized carbons (Fsp3) is 0.800. The number of sulfonamides is 1. The minimum atomic E-state index is -3.52. The Labute approximate surface area is 132 Å². The molecule has 2 heterocycles. The molecule has 124 valence electrons. The van der Waals surface area contributed by atoms with Crippen LogP contribution in [0.3, 0.4) is 0 Å². The van der Waals surface area contributed by atoms with Gasteiger partial charge in [0, 0.05) is 19.1 Å². The minimum Gasteiger partial charge on any atom is -0.393 e. The van der Waals surface area contributed by atoms with Crippen molar-refractivity contribution in [3.05, 3.63) is 11.9 Å². The molecule has 0 spiro atoms. The highest BCUT2D eigenvalue weighted by Crippen LogP contribution is 2.48. The number of hydrogen-bond acceptors (Lipinski definition) is 4. The summed E-state index contributed by atoms with van der Waals surface area (Å²) in [7, 11) is -3.52. The maximum absolute atomic E-state index is 13.1. The zero-order valence-corrected chi connectivity index (χ0v) is 14.3. The Balaban J connectivity index is 1.95. The number of rotatable bonds is 3. The summed E-state index contributed by atoms with van der Waals surface area (Å²) in [5.74, 6) is 0. The van der Waals surface area contributed by atoms with Crippen LogP contribution in [0.1, 0.15) is 45.2 Å². The van der Waals surface area contributed by atoms with E-state index in [4.69, 9.17) is 0 Å². The lowest BCUT2D eigenvalue weighted by Crippen LogP contribution is -2.46. The van der Waals surface area contributed by atoms with Gasteiger partial charge in [-0.15, -0.1) is 0 Å². The van der Waals surface area contributed by atoms with Crippen LogP contribution in [-0.4, -0.2) is 46.3 Å². The Hall–Kier alpha value is -0.920. The van der Waals surface area contributed by atoms with Crippen LogP contribution in [0.25, 0.3) is 0 Å². The molecule has 1 N–H and O–H groups in total. The van der Waals surface area contributed by atoms with Crippen LogP contribution >= 0.6 is 0 Å². The van der Waals surface area contributed by atoms with Crippen molar-refractivity contribution in [1.82, 2.24) is 14.1 Å². The lowest BCUT2D eigenvalue weighted by atomic mass is 9.71. The first kappa shape index (κ1) is 16.0. The summed E-state index contributed by atoms with van der Waals surface area (Å²) in [6.07, 6.45) is 4.10. The van der Waals surface area contributed by atoms with Crippen molar-refractivity contribution in [1.29, 1.82) is 0 Å². The summed E-state index contributed by atoms with van der Waals surface area (Å²) in [5.41, 5.74) is 0.589. The van der Waals surface area contributed by atoms with E-state index in [1.165, 1.54) is 6.20 Å². The summed E-state index contributed by atoms with van der Waals surface area (Å²) < 4.78 is 29.5. The molecule has 2 fully saturated rings. The van der Waals surface area contributed by atoms with Crippen molar-refractivity contribution in [2.45, 2.75) is 70.0 Å². The lowest BCUT2D eigenvalue weighted by Gasteiger charge is -2.40. The van der Waals surface area contributed by atoms with Gasteiger partial charge in [-0.25, -0.2) is 8.42 Å². The Bertz CT molecular complexity index is 670. The molecule has 1 aliphatic heterocycles. The molecular formula is C15H25N3O3S. The predicted molar refractivity (Wildman–Crippen MR) is 82.9 cm³/mol. The largest absolute Gasteiger partial charge is 0.393 e. The number of hydrogen-bond donors (Lipinski definition) is 1. The van der Waals surface area contributed by atoms with Crippen LogP contribution in [0.2, 0.25) is 0 Å². The predicted octanol–water partition coefficient (Wildman–Crippen LogP) is 1.53. The molecule has 22 heavy (non-hydrogen) atoms. The van der Waals surface area contributed by atoms with E-state index in [2.05, 4.69) is 12.0 Å². The number of aliphatic hydroxyl groups is 1. The monoisotopic (exact) mass is 327 g/mol. The molecule has 0 bridgehead atoms. The lowest BCUT2D eigenvalue weighted by molar-refractivity contribution is 0.0378. The first-order chi connectivity index (χ1) is 10.3. The zero-order chi connectivity index (χ0) is 16.1. The molecule has 6 nitrogen and oxygen atoms in total. The van der Waals surface area contributed by atoms with Crippen LogP contribution in [0, 0.1) is 12.3 Å². The number of fused-ring (bicyclic) bond motifs is 1. The van der Waals surface area contributed by atoms with Crippen molar-refractivity contribution in [2.24, 2.45) is 5.41 Å². The average Bonchev–Trinajstić information content (AvgIpc) is 2.98. The van der Waals surface area contributed by atoms with Gasteiger partial charge >= 0.3 is 0 Å². The Morgan fingerprint density at radius 2 is 2.18 bits per heavy atom. The second-order valence-corrected chi connectivity index (χ2v) is 8.74. The number of aryl methyl sites for hydroxylation is 1. The van der Waals surface area contributed by atoms with Gasteiger partial charge in [-0.1, -0.05) is 6.92 Å². The summed E-state index contributed by atoms with van der Waals surface area (Å²) in [4.78, 5) is 0.324. The Morgan fingerprint density at radius 3 is 2.82 bits per heavy atom. The van der Waals surface area contributed by atoms with Crippen LogP contribution < -0.4 is 0 Å². The van der Waals surface area contributed by atoms with Gasteiger partial charge in [-0.05, 0) is 44.9 Å². The van der Waals surface area contributed by atoms with Gasteiger partial charge in [-0.3, -0.25) is 4.68 Å². The van der Waals surface area contributed by atoms with Gasteiger partial charge in [0.15, 0.2) is 0 Å². The van der Waals surface area contributed by atoms with E-state index in [1.54, 1.807) is 8.99 Å². The zero-order valence-electron chi connectivity index (χ0n) is 13.5. The van der Waals surface area contributed by atoms with Gasteiger partial charge in [0.25, 0.3) is 0 Å². The molecular weight excluding hydrogens is 302 g/mol. The molecule has 1 aromatic heterocycles. The summed E-state index contributed by atoms with van der Waals surface area (Å²) in [6, 6.07) is -0.00900. The molecule has 0 amide bonds. The molecule has 3 rings (SSSR count). The molecule has 3 atom stereocenters. The molecule has 1 saturated carbocycles. The van der Waals surface area contributed by atoms with E-state index in [0.717, 1.165) is 12.8 Å². The first-order valence-corrected chi connectivity index (χ1v) is 9.46. The van der Waals surface area contributed by atoms with Crippen LogP contribution in [0.4, 0.5) is 0 Å². The van der Waals surface area contributed by atoms with Crippen molar-refractivity contribution >= 4 is 10.0 Å². The maximum atomic E-state index is 13.1. The topological polar surface area (TPSA) is 75.4 Å². The van der Waals surface area contributed by atoms with Gasteiger partial charge < -0.3 is 5.11 Å². The fourth-order valence-corrected chi connectivity index (χ4v) is 6.11. The molecule has 2 aliphatic rings. The highest BCUT2D eigenvalue weighted by molar-refractivity contribution is 7.89. The first-order valence-electron chi connectivity index (χ1n) is 8.02. The van der Waals surface area contributed by atoms with E-state index in [-0.39, 0.29) is 17.6 Å². The van der Waals surface area contributed by atoms with Gasteiger partial charge in [0.2, 0.25) is 10.0 Å². The maximum Gasteiger partial charge on any atom is 0.246 e. The van der Waals surface area contributed by atoms with Crippen molar-refractivity contribution in [2.75, 3.05) is 6.54 Å². The molecule has 1 aromatic rings. The third-order valence-electron chi connectivity index (χ3n) is 5.47. The van der Waals surface area contributed by atoms with E-state index >= 15 is 0 Å². The number of nitrogens with zero attached hydrogens (tertiary/aromatic N) is 3. The summed E-state index contributed by atoms with van der Waals surface area (Å²) in [5, 5.41) is 14.1. The van der Waals surface area contributed by atoms with Gasteiger partial charge in [0.1, 0.15) is 4.90 Å². The van der Waals surface area contributed by atoms with Crippen molar-refractivity contribution in [3.8, 4) is 0 Å². The normalized spacial score (nSPS) is 33.1. The highest BCUT2D eigenvalue weighted by Gasteiger charge is 2.51. The Kier molecular flexibility index (Phi) is 3.86. The van der Waals surface area contributed by atoms with E-state index in [9.17, 15) is 13.5 Å². The third kappa shape index (κ3) is 2.30.